The molecule has 0 bridgehead atoms. The van der Waals surface area contributed by atoms with Crippen molar-refractivity contribution in [2.24, 2.45) is 0 Å². The Balaban J connectivity index is 1.57. The Morgan fingerprint density at radius 3 is 2.12 bits per heavy atom. The fourth-order valence-corrected chi connectivity index (χ4v) is 3.62. The van der Waals surface area contributed by atoms with Gasteiger partial charge in [-0.3, -0.25) is 9.59 Å². The van der Waals surface area contributed by atoms with Crippen LogP contribution in [-0.4, -0.2) is 35.1 Å². The molecular formula is C24H21F2N3O4S. The summed E-state index contributed by atoms with van der Waals surface area (Å²) in [7, 11) is 0. The van der Waals surface area contributed by atoms with E-state index in [1.54, 1.807) is 19.9 Å². The molecule has 1 aromatic heterocycles. The third-order valence-electron chi connectivity index (χ3n) is 4.61. The van der Waals surface area contributed by atoms with Crippen LogP contribution in [0, 0.1) is 25.5 Å². The Bertz CT molecular complexity index is 1240. The molecule has 0 saturated heterocycles. The zero-order valence-electron chi connectivity index (χ0n) is 18.4. The minimum absolute atomic E-state index is 0.0805. The molecule has 7 nitrogen and oxygen atoms in total. The summed E-state index contributed by atoms with van der Waals surface area (Å²) in [6.07, 6.45) is 1.45. The standard InChI is InChI=1S/C24H21F2N3O4S/c1-14-5-7-16(25)10-19(14)28-21(30)12-33-24(32)18-4-3-9-27-23(18)34-13-22(31)29-20-11-17(26)8-6-15(20)2/h3-11H,12-13H2,1-2H3,(H,28,30)(H,29,31). The molecular weight excluding hydrogens is 464 g/mol. The molecule has 1 heterocycles. The number of hydrogen-bond donors (Lipinski definition) is 2. The van der Waals surface area contributed by atoms with E-state index in [0.717, 1.165) is 11.8 Å². The van der Waals surface area contributed by atoms with E-state index in [2.05, 4.69) is 15.6 Å². The SMILES string of the molecule is Cc1ccc(F)cc1NC(=O)COC(=O)c1cccnc1SCC(=O)Nc1cc(F)ccc1C. The highest BCUT2D eigenvalue weighted by Crippen LogP contribution is 2.22. The van der Waals surface area contributed by atoms with Gasteiger partial charge in [-0.05, 0) is 61.4 Å². The largest absolute Gasteiger partial charge is 0.452 e. The van der Waals surface area contributed by atoms with Gasteiger partial charge in [-0.1, -0.05) is 23.9 Å². The number of nitrogens with zero attached hydrogens (tertiary/aromatic N) is 1. The zero-order valence-corrected chi connectivity index (χ0v) is 19.2. The lowest BCUT2D eigenvalue weighted by molar-refractivity contribution is -0.119. The van der Waals surface area contributed by atoms with Crippen LogP contribution in [0.4, 0.5) is 20.2 Å². The molecule has 3 rings (SSSR count). The maximum absolute atomic E-state index is 13.4. The Hall–Kier alpha value is -3.79. The van der Waals surface area contributed by atoms with Crippen molar-refractivity contribution in [3.8, 4) is 0 Å². The number of ether oxygens (including phenoxy) is 1. The molecule has 0 saturated carbocycles. The highest BCUT2D eigenvalue weighted by atomic mass is 32.2. The van der Waals surface area contributed by atoms with E-state index in [4.69, 9.17) is 4.74 Å². The molecule has 0 unspecified atom stereocenters. The van der Waals surface area contributed by atoms with Gasteiger partial charge in [-0.2, -0.15) is 0 Å². The monoisotopic (exact) mass is 485 g/mol. The molecule has 3 aromatic rings. The quantitative estimate of drug-likeness (QED) is 0.360. The van der Waals surface area contributed by atoms with E-state index in [9.17, 15) is 23.2 Å². The number of anilines is 2. The number of carbonyl (C=O) groups is 3. The minimum atomic E-state index is -0.803. The summed E-state index contributed by atoms with van der Waals surface area (Å²) >= 11 is 0.993. The first kappa shape index (κ1) is 24.8. The van der Waals surface area contributed by atoms with Crippen molar-refractivity contribution in [2.45, 2.75) is 18.9 Å². The van der Waals surface area contributed by atoms with E-state index in [1.165, 1.54) is 48.7 Å². The molecule has 2 N–H and O–H groups in total. The van der Waals surface area contributed by atoms with Crippen LogP contribution in [0.5, 0.6) is 0 Å². The second-order valence-corrected chi connectivity index (χ2v) is 8.20. The molecule has 2 amide bonds. The van der Waals surface area contributed by atoms with E-state index in [1.807, 2.05) is 0 Å². The van der Waals surface area contributed by atoms with Crippen LogP contribution < -0.4 is 10.6 Å². The summed E-state index contributed by atoms with van der Waals surface area (Å²) < 4.78 is 31.9. The Morgan fingerprint density at radius 1 is 0.912 bits per heavy atom. The molecule has 0 aliphatic rings. The van der Waals surface area contributed by atoms with Crippen molar-refractivity contribution in [3.63, 3.8) is 0 Å². The fraction of sp³-hybridized carbons (Fsp3) is 0.167. The average molecular weight is 486 g/mol. The molecule has 176 valence electrons. The number of esters is 1. The summed E-state index contributed by atoms with van der Waals surface area (Å²) in [6, 6.07) is 11.0. The van der Waals surface area contributed by atoms with Crippen molar-refractivity contribution in [3.05, 3.63) is 83.1 Å². The van der Waals surface area contributed by atoms with Crippen molar-refractivity contribution >= 4 is 40.9 Å². The summed E-state index contributed by atoms with van der Waals surface area (Å²) in [5.74, 6) is -2.92. The number of carbonyl (C=O) groups excluding carboxylic acids is 3. The van der Waals surface area contributed by atoms with Gasteiger partial charge in [0.05, 0.1) is 11.3 Å². The molecule has 0 atom stereocenters. The van der Waals surface area contributed by atoms with Gasteiger partial charge in [-0.25, -0.2) is 18.6 Å². The van der Waals surface area contributed by atoms with Crippen molar-refractivity contribution in [1.82, 2.24) is 4.98 Å². The molecule has 0 fully saturated rings. The number of halogens is 2. The number of amides is 2. The number of thioether (sulfide) groups is 1. The average Bonchev–Trinajstić information content (AvgIpc) is 2.81. The second-order valence-electron chi connectivity index (χ2n) is 7.24. The topological polar surface area (TPSA) is 97.4 Å². The predicted molar refractivity (Wildman–Crippen MR) is 125 cm³/mol. The molecule has 34 heavy (non-hydrogen) atoms. The number of rotatable bonds is 8. The normalized spacial score (nSPS) is 10.5. The third-order valence-corrected chi connectivity index (χ3v) is 5.62. The summed E-state index contributed by atoms with van der Waals surface area (Å²) in [5, 5.41) is 5.34. The van der Waals surface area contributed by atoms with Crippen molar-refractivity contribution < 1.29 is 27.9 Å². The first-order valence-corrected chi connectivity index (χ1v) is 11.1. The molecule has 0 radical (unpaired) electrons. The van der Waals surface area contributed by atoms with Gasteiger partial charge in [0.1, 0.15) is 16.7 Å². The van der Waals surface area contributed by atoms with Crippen LogP contribution >= 0.6 is 11.8 Å². The maximum Gasteiger partial charge on any atom is 0.341 e. The third kappa shape index (κ3) is 6.85. The van der Waals surface area contributed by atoms with E-state index in [0.29, 0.717) is 16.8 Å². The molecule has 10 heteroatoms. The maximum atomic E-state index is 13.4. The van der Waals surface area contributed by atoms with Crippen molar-refractivity contribution in [1.29, 1.82) is 0 Å². The molecule has 0 aliphatic carbocycles. The van der Waals surface area contributed by atoms with Gasteiger partial charge in [0.2, 0.25) is 5.91 Å². The first-order chi connectivity index (χ1) is 16.2. The first-order valence-electron chi connectivity index (χ1n) is 10.1. The fourth-order valence-electron chi connectivity index (χ4n) is 2.83. The van der Waals surface area contributed by atoms with Crippen LogP contribution in [0.15, 0.2) is 59.8 Å². The lowest BCUT2D eigenvalue weighted by Gasteiger charge is -2.11. The number of hydrogen-bond acceptors (Lipinski definition) is 6. The Morgan fingerprint density at radius 2 is 1.50 bits per heavy atom. The molecule has 0 spiro atoms. The van der Waals surface area contributed by atoms with Crippen LogP contribution in [0.3, 0.4) is 0 Å². The van der Waals surface area contributed by atoms with Crippen LogP contribution in [0.25, 0.3) is 0 Å². The highest BCUT2D eigenvalue weighted by Gasteiger charge is 2.17. The van der Waals surface area contributed by atoms with Gasteiger partial charge < -0.3 is 15.4 Å². The van der Waals surface area contributed by atoms with E-state index < -0.39 is 36.0 Å². The number of pyridine rings is 1. The zero-order chi connectivity index (χ0) is 24.7. The van der Waals surface area contributed by atoms with E-state index >= 15 is 0 Å². The number of aryl methyl sites for hydroxylation is 2. The number of benzene rings is 2. The van der Waals surface area contributed by atoms with Gasteiger partial charge in [-0.15, -0.1) is 0 Å². The van der Waals surface area contributed by atoms with Crippen LogP contribution in [-0.2, 0) is 14.3 Å². The van der Waals surface area contributed by atoms with Gasteiger partial charge in [0.25, 0.3) is 5.91 Å². The van der Waals surface area contributed by atoms with E-state index in [-0.39, 0.29) is 22.0 Å². The Labute approximate surface area is 198 Å². The lowest BCUT2D eigenvalue weighted by Crippen LogP contribution is -2.22. The Kier molecular flexibility index (Phi) is 8.31. The molecule has 0 aliphatic heterocycles. The van der Waals surface area contributed by atoms with Crippen molar-refractivity contribution in [2.75, 3.05) is 23.0 Å². The summed E-state index contributed by atoms with van der Waals surface area (Å²) in [5.41, 5.74) is 2.06. The predicted octanol–water partition coefficient (Wildman–Crippen LogP) is 4.50. The van der Waals surface area contributed by atoms with Gasteiger partial charge in [0, 0.05) is 17.6 Å². The van der Waals surface area contributed by atoms with Gasteiger partial charge >= 0.3 is 5.97 Å². The highest BCUT2D eigenvalue weighted by molar-refractivity contribution is 8.00. The summed E-state index contributed by atoms with van der Waals surface area (Å²) in [4.78, 5) is 41.0. The molecule has 2 aromatic carbocycles. The number of nitrogens with one attached hydrogen (secondary N) is 2. The second kappa shape index (κ2) is 11.4. The van der Waals surface area contributed by atoms with Crippen LogP contribution in [0.2, 0.25) is 0 Å². The van der Waals surface area contributed by atoms with Crippen LogP contribution in [0.1, 0.15) is 21.5 Å². The summed E-state index contributed by atoms with van der Waals surface area (Å²) in [6.45, 7) is 2.85. The number of aromatic nitrogens is 1. The minimum Gasteiger partial charge on any atom is -0.452 e. The smallest absolute Gasteiger partial charge is 0.341 e. The van der Waals surface area contributed by atoms with Gasteiger partial charge in [0.15, 0.2) is 6.61 Å². The lowest BCUT2D eigenvalue weighted by atomic mass is 10.2.